The Balaban J connectivity index is 1.47. The van der Waals surface area contributed by atoms with Gasteiger partial charge in [0.1, 0.15) is 5.82 Å². The second-order valence-corrected chi connectivity index (χ2v) is 6.42. The van der Waals surface area contributed by atoms with E-state index in [1.807, 2.05) is 17.0 Å². The van der Waals surface area contributed by atoms with Crippen LogP contribution in [0.3, 0.4) is 0 Å². The number of amides is 1. The van der Waals surface area contributed by atoms with E-state index in [-0.39, 0.29) is 18.1 Å². The van der Waals surface area contributed by atoms with Crippen molar-refractivity contribution >= 4 is 16.8 Å². The Labute approximate surface area is 140 Å². The lowest BCUT2D eigenvalue weighted by Gasteiger charge is -2.16. The zero-order chi connectivity index (χ0) is 16.5. The molecule has 4 rings (SSSR count). The minimum atomic E-state index is -0.293. The predicted molar refractivity (Wildman–Crippen MR) is 92.3 cm³/mol. The van der Waals surface area contributed by atoms with Crippen molar-refractivity contribution < 1.29 is 9.18 Å². The summed E-state index contributed by atoms with van der Waals surface area (Å²) in [6.07, 6.45) is 3.30. The Morgan fingerprint density at radius 3 is 2.96 bits per heavy atom. The molecule has 1 saturated heterocycles. The molecular formula is C20H19FN2O. The molecule has 0 bridgehead atoms. The Bertz CT molecular complexity index is 886. The number of likely N-dealkylation sites (tertiary alicyclic amines) is 1. The molecule has 0 aliphatic carbocycles. The summed E-state index contributed by atoms with van der Waals surface area (Å²) < 4.78 is 13.3. The molecule has 3 nitrogen and oxygen atoms in total. The first-order chi connectivity index (χ1) is 11.7. The van der Waals surface area contributed by atoms with E-state index in [0.717, 1.165) is 30.6 Å². The van der Waals surface area contributed by atoms with Gasteiger partial charge in [-0.25, -0.2) is 4.39 Å². The van der Waals surface area contributed by atoms with E-state index in [2.05, 4.69) is 23.3 Å². The Morgan fingerprint density at radius 2 is 2.08 bits per heavy atom. The van der Waals surface area contributed by atoms with E-state index in [4.69, 9.17) is 0 Å². The first-order valence-corrected chi connectivity index (χ1v) is 8.29. The number of rotatable bonds is 3. The molecule has 1 unspecified atom stereocenters. The number of carbonyl (C=O) groups excluding carboxylic acids is 1. The molecule has 1 aromatic heterocycles. The summed E-state index contributed by atoms with van der Waals surface area (Å²) in [4.78, 5) is 17.7. The molecule has 1 atom stereocenters. The van der Waals surface area contributed by atoms with Crippen molar-refractivity contribution in [1.82, 2.24) is 9.88 Å². The van der Waals surface area contributed by atoms with Crippen LogP contribution in [0.1, 0.15) is 23.5 Å². The Hall–Kier alpha value is -2.62. The van der Waals surface area contributed by atoms with E-state index in [1.54, 1.807) is 12.1 Å². The number of halogens is 1. The van der Waals surface area contributed by atoms with Gasteiger partial charge in [-0.05, 0) is 35.7 Å². The smallest absolute Gasteiger partial charge is 0.227 e. The van der Waals surface area contributed by atoms with Crippen molar-refractivity contribution in [2.24, 2.45) is 0 Å². The number of aromatic amines is 1. The van der Waals surface area contributed by atoms with Crippen LogP contribution in [0, 0.1) is 5.82 Å². The second kappa shape index (κ2) is 6.11. The van der Waals surface area contributed by atoms with Gasteiger partial charge in [0.2, 0.25) is 5.91 Å². The van der Waals surface area contributed by atoms with Crippen LogP contribution in [0.2, 0.25) is 0 Å². The maximum absolute atomic E-state index is 13.3. The minimum Gasteiger partial charge on any atom is -0.361 e. The van der Waals surface area contributed by atoms with Crippen molar-refractivity contribution in [3.05, 3.63) is 71.7 Å². The van der Waals surface area contributed by atoms with E-state index in [0.29, 0.717) is 5.92 Å². The lowest BCUT2D eigenvalue weighted by atomic mass is 9.98. The van der Waals surface area contributed by atoms with Gasteiger partial charge in [0.15, 0.2) is 0 Å². The fourth-order valence-electron chi connectivity index (χ4n) is 3.61. The number of nitrogens with zero attached hydrogens (tertiary/aromatic N) is 1. The predicted octanol–water partition coefficient (Wildman–Crippen LogP) is 3.87. The molecule has 0 saturated carbocycles. The first kappa shape index (κ1) is 14.9. The number of carbonyl (C=O) groups is 1. The molecule has 122 valence electrons. The fraction of sp³-hybridized carbons (Fsp3) is 0.250. The number of fused-ring (bicyclic) bond motifs is 1. The summed E-state index contributed by atoms with van der Waals surface area (Å²) in [6.45, 7) is 1.49. The molecule has 1 aliphatic rings. The lowest BCUT2D eigenvalue weighted by molar-refractivity contribution is -0.129. The largest absolute Gasteiger partial charge is 0.361 e. The molecule has 3 aromatic rings. The molecule has 2 heterocycles. The maximum atomic E-state index is 13.3. The zero-order valence-corrected chi connectivity index (χ0v) is 13.3. The van der Waals surface area contributed by atoms with Crippen molar-refractivity contribution in [2.45, 2.75) is 18.8 Å². The first-order valence-electron chi connectivity index (χ1n) is 8.29. The molecule has 1 N–H and O–H groups in total. The number of benzene rings is 2. The van der Waals surface area contributed by atoms with Crippen LogP contribution in [0.25, 0.3) is 10.9 Å². The standard InChI is InChI=1S/C20H19FN2O/c21-16-5-3-4-14(10-16)11-20(24)23-9-8-15(13-23)18-12-22-19-7-2-1-6-17(18)19/h1-7,10,12,15,22H,8-9,11,13H2. The minimum absolute atomic E-state index is 0.0722. The number of hydrogen-bond donors (Lipinski definition) is 1. The summed E-state index contributed by atoms with van der Waals surface area (Å²) in [7, 11) is 0. The summed E-state index contributed by atoms with van der Waals surface area (Å²) in [6, 6.07) is 14.5. The molecule has 1 amide bonds. The van der Waals surface area contributed by atoms with Crippen LogP contribution >= 0.6 is 0 Å². The van der Waals surface area contributed by atoms with Crippen molar-refractivity contribution in [1.29, 1.82) is 0 Å². The highest BCUT2D eigenvalue weighted by Gasteiger charge is 2.28. The van der Waals surface area contributed by atoms with Crippen LogP contribution in [-0.4, -0.2) is 28.9 Å². The van der Waals surface area contributed by atoms with E-state index < -0.39 is 0 Å². The summed E-state index contributed by atoms with van der Waals surface area (Å²) >= 11 is 0. The second-order valence-electron chi connectivity index (χ2n) is 6.42. The monoisotopic (exact) mass is 322 g/mol. The molecule has 0 spiro atoms. The van der Waals surface area contributed by atoms with Crippen molar-refractivity contribution in [3.63, 3.8) is 0 Å². The number of aromatic nitrogens is 1. The third kappa shape index (κ3) is 2.80. The van der Waals surface area contributed by atoms with Crippen molar-refractivity contribution in [2.75, 3.05) is 13.1 Å². The van der Waals surface area contributed by atoms with Crippen LogP contribution < -0.4 is 0 Å². The summed E-state index contributed by atoms with van der Waals surface area (Å²) in [5.74, 6) is 0.138. The molecular weight excluding hydrogens is 303 g/mol. The Kier molecular flexibility index (Phi) is 3.81. The molecule has 1 aliphatic heterocycles. The van der Waals surface area contributed by atoms with Crippen LogP contribution in [-0.2, 0) is 11.2 Å². The molecule has 1 fully saturated rings. The van der Waals surface area contributed by atoms with Gasteiger partial charge in [0.05, 0.1) is 6.42 Å². The Morgan fingerprint density at radius 1 is 1.21 bits per heavy atom. The number of nitrogens with one attached hydrogen (secondary N) is 1. The van der Waals surface area contributed by atoms with Gasteiger partial charge in [0, 0.05) is 36.1 Å². The van der Waals surface area contributed by atoms with Gasteiger partial charge >= 0.3 is 0 Å². The van der Waals surface area contributed by atoms with Gasteiger partial charge in [-0.2, -0.15) is 0 Å². The number of para-hydroxylation sites is 1. The van der Waals surface area contributed by atoms with Crippen LogP contribution in [0.4, 0.5) is 4.39 Å². The van der Waals surface area contributed by atoms with E-state index >= 15 is 0 Å². The van der Waals surface area contributed by atoms with Gasteiger partial charge < -0.3 is 9.88 Å². The number of H-pyrrole nitrogens is 1. The van der Waals surface area contributed by atoms with E-state index in [1.165, 1.54) is 23.1 Å². The highest BCUT2D eigenvalue weighted by Crippen LogP contribution is 2.32. The van der Waals surface area contributed by atoms with E-state index in [9.17, 15) is 9.18 Å². The highest BCUT2D eigenvalue weighted by molar-refractivity contribution is 5.84. The molecule has 4 heteroatoms. The maximum Gasteiger partial charge on any atom is 0.227 e. The van der Waals surface area contributed by atoms with Crippen LogP contribution in [0.15, 0.2) is 54.7 Å². The summed E-state index contributed by atoms with van der Waals surface area (Å²) in [5.41, 5.74) is 3.15. The normalized spacial score (nSPS) is 17.5. The molecule has 2 aromatic carbocycles. The average Bonchev–Trinajstić information content (AvgIpc) is 3.21. The lowest BCUT2D eigenvalue weighted by Crippen LogP contribution is -2.29. The third-order valence-electron chi connectivity index (χ3n) is 4.85. The topological polar surface area (TPSA) is 36.1 Å². The molecule has 24 heavy (non-hydrogen) atoms. The SMILES string of the molecule is O=C(Cc1cccc(F)c1)N1CCC(c2c[nH]c3ccccc23)C1. The third-order valence-corrected chi connectivity index (χ3v) is 4.85. The highest BCUT2D eigenvalue weighted by atomic mass is 19.1. The van der Waals surface area contributed by atoms with Crippen LogP contribution in [0.5, 0.6) is 0 Å². The number of hydrogen-bond acceptors (Lipinski definition) is 1. The average molecular weight is 322 g/mol. The fourth-order valence-corrected chi connectivity index (χ4v) is 3.61. The summed E-state index contributed by atoms with van der Waals surface area (Å²) in [5, 5.41) is 1.24. The van der Waals surface area contributed by atoms with Gasteiger partial charge in [-0.1, -0.05) is 30.3 Å². The van der Waals surface area contributed by atoms with Gasteiger partial charge in [-0.15, -0.1) is 0 Å². The molecule has 0 radical (unpaired) electrons. The zero-order valence-electron chi connectivity index (χ0n) is 13.3. The quantitative estimate of drug-likeness (QED) is 0.781. The van der Waals surface area contributed by atoms with Crippen molar-refractivity contribution in [3.8, 4) is 0 Å². The van der Waals surface area contributed by atoms with Gasteiger partial charge in [-0.3, -0.25) is 4.79 Å². The van der Waals surface area contributed by atoms with Gasteiger partial charge in [0.25, 0.3) is 0 Å².